The van der Waals surface area contributed by atoms with Gasteiger partial charge in [-0.25, -0.2) is 0 Å². The van der Waals surface area contributed by atoms with Crippen LogP contribution in [0.25, 0.3) is 0 Å². The van der Waals surface area contributed by atoms with E-state index in [9.17, 15) is 5.11 Å². The van der Waals surface area contributed by atoms with Gasteiger partial charge in [0.25, 0.3) is 0 Å². The Balaban J connectivity index is 1.91. The summed E-state index contributed by atoms with van der Waals surface area (Å²) in [6.07, 6.45) is 3.71. The second-order valence-corrected chi connectivity index (χ2v) is 12.4. The minimum Gasteiger partial charge on any atom is -0.416 e. The summed E-state index contributed by atoms with van der Waals surface area (Å²) in [4.78, 5) is 0. The molecule has 2 fully saturated rings. The van der Waals surface area contributed by atoms with E-state index in [1.165, 1.54) is 19.3 Å². The van der Waals surface area contributed by atoms with E-state index in [0.717, 1.165) is 12.5 Å². The van der Waals surface area contributed by atoms with Crippen molar-refractivity contribution in [1.29, 1.82) is 0 Å². The van der Waals surface area contributed by atoms with E-state index >= 15 is 0 Å². The van der Waals surface area contributed by atoms with Gasteiger partial charge in [0.2, 0.25) is 0 Å². The maximum Gasteiger partial charge on any atom is 0.191 e. The lowest BCUT2D eigenvalue weighted by molar-refractivity contribution is 0.0304. The normalized spacial score (nSPS) is 37.8. The van der Waals surface area contributed by atoms with E-state index in [1.807, 2.05) is 0 Å². The molecule has 0 aromatic heterocycles. The summed E-state index contributed by atoms with van der Waals surface area (Å²) >= 11 is 0. The van der Waals surface area contributed by atoms with Crippen molar-refractivity contribution >= 4 is 8.32 Å². The first-order valence-corrected chi connectivity index (χ1v) is 9.95. The zero-order valence-electron chi connectivity index (χ0n) is 12.0. The van der Waals surface area contributed by atoms with Crippen LogP contribution in [0.1, 0.15) is 40.0 Å². The van der Waals surface area contributed by atoms with Gasteiger partial charge in [0.1, 0.15) is 0 Å². The zero-order valence-corrected chi connectivity index (χ0v) is 13.0. The maximum absolute atomic E-state index is 10.2. The van der Waals surface area contributed by atoms with Crippen molar-refractivity contribution in [2.24, 2.45) is 17.8 Å². The van der Waals surface area contributed by atoms with Gasteiger partial charge in [-0.1, -0.05) is 20.8 Å². The van der Waals surface area contributed by atoms with Crippen LogP contribution in [0.2, 0.25) is 18.1 Å². The number of aliphatic hydroxyl groups excluding tert-OH is 1. The minimum absolute atomic E-state index is 0.0847. The van der Waals surface area contributed by atoms with Crippen LogP contribution in [0.15, 0.2) is 0 Å². The summed E-state index contributed by atoms with van der Waals surface area (Å²) in [5, 5.41) is 10.5. The first kappa shape index (κ1) is 13.6. The Morgan fingerprint density at radius 2 is 1.76 bits per heavy atom. The van der Waals surface area contributed by atoms with Crippen LogP contribution >= 0.6 is 0 Å². The third-order valence-electron chi connectivity index (χ3n) is 5.48. The van der Waals surface area contributed by atoms with Crippen LogP contribution in [0.3, 0.4) is 0 Å². The SMILES string of the molecule is CC(C)(C)[Si](C)(C)OC[C@H]1[C@H]2CC[C@H](C2)[C@H]1O. The average molecular weight is 256 g/mol. The number of fused-ring (bicyclic) bond motifs is 2. The van der Waals surface area contributed by atoms with Gasteiger partial charge in [0.15, 0.2) is 8.32 Å². The monoisotopic (exact) mass is 256 g/mol. The molecule has 0 aromatic carbocycles. The molecule has 2 rings (SSSR count). The molecule has 4 atom stereocenters. The van der Waals surface area contributed by atoms with Crippen molar-refractivity contribution in [3.63, 3.8) is 0 Å². The standard InChI is InChI=1S/C14H28O2Si/c1-14(2,3)17(4,5)16-9-12-10-6-7-11(8-10)13(12)15/h10-13,15H,6-9H2,1-5H3/t10-,11+,12-,13+/m0/s1. The lowest BCUT2D eigenvalue weighted by atomic mass is 9.87. The smallest absolute Gasteiger partial charge is 0.191 e. The van der Waals surface area contributed by atoms with Crippen molar-refractivity contribution in [2.75, 3.05) is 6.61 Å². The molecule has 0 aromatic rings. The molecule has 0 radical (unpaired) electrons. The molecule has 0 saturated heterocycles. The highest BCUT2D eigenvalue weighted by atomic mass is 28.4. The lowest BCUT2D eigenvalue weighted by Gasteiger charge is -2.38. The van der Waals surface area contributed by atoms with E-state index in [4.69, 9.17) is 4.43 Å². The quantitative estimate of drug-likeness (QED) is 0.784. The Morgan fingerprint density at radius 1 is 1.18 bits per heavy atom. The fourth-order valence-electron chi connectivity index (χ4n) is 3.14. The average Bonchev–Trinajstić information content (AvgIpc) is 2.74. The van der Waals surface area contributed by atoms with Gasteiger partial charge < -0.3 is 9.53 Å². The minimum atomic E-state index is -1.64. The third-order valence-corrected chi connectivity index (χ3v) is 9.98. The summed E-state index contributed by atoms with van der Waals surface area (Å²) in [5.41, 5.74) is 0. The molecule has 1 N–H and O–H groups in total. The Morgan fingerprint density at radius 3 is 2.24 bits per heavy atom. The molecular formula is C14H28O2Si. The molecule has 2 bridgehead atoms. The Labute approximate surface area is 107 Å². The van der Waals surface area contributed by atoms with Gasteiger partial charge >= 0.3 is 0 Å². The number of hydrogen-bond acceptors (Lipinski definition) is 2. The summed E-state index contributed by atoms with van der Waals surface area (Å²) in [6, 6.07) is 0. The molecule has 0 aliphatic heterocycles. The number of hydrogen-bond donors (Lipinski definition) is 1. The highest BCUT2D eigenvalue weighted by molar-refractivity contribution is 6.74. The van der Waals surface area contributed by atoms with Crippen molar-refractivity contribution in [1.82, 2.24) is 0 Å². The largest absolute Gasteiger partial charge is 0.416 e. The van der Waals surface area contributed by atoms with Crippen LogP contribution in [0.4, 0.5) is 0 Å². The van der Waals surface area contributed by atoms with Gasteiger partial charge in [0, 0.05) is 12.5 Å². The molecule has 2 aliphatic carbocycles. The van der Waals surface area contributed by atoms with Gasteiger partial charge in [-0.15, -0.1) is 0 Å². The van der Waals surface area contributed by atoms with Crippen molar-refractivity contribution in [3.05, 3.63) is 0 Å². The molecule has 100 valence electrons. The van der Waals surface area contributed by atoms with Crippen LogP contribution in [0.5, 0.6) is 0 Å². The predicted octanol–water partition coefficient (Wildman–Crippen LogP) is 3.42. The van der Waals surface area contributed by atoms with Crippen molar-refractivity contribution in [2.45, 2.75) is 64.3 Å². The summed E-state index contributed by atoms with van der Waals surface area (Å²) in [5.74, 6) is 1.73. The predicted molar refractivity (Wildman–Crippen MR) is 73.5 cm³/mol. The van der Waals surface area contributed by atoms with Crippen LogP contribution in [0, 0.1) is 17.8 Å². The summed E-state index contributed by atoms with van der Waals surface area (Å²) in [7, 11) is -1.64. The molecule has 0 spiro atoms. The molecule has 17 heavy (non-hydrogen) atoms. The molecule has 0 amide bonds. The van der Waals surface area contributed by atoms with Gasteiger partial charge in [-0.3, -0.25) is 0 Å². The topological polar surface area (TPSA) is 29.5 Å². The van der Waals surface area contributed by atoms with E-state index in [1.54, 1.807) is 0 Å². The lowest BCUT2D eigenvalue weighted by Crippen LogP contribution is -2.44. The van der Waals surface area contributed by atoms with Crippen molar-refractivity contribution < 1.29 is 9.53 Å². The fraction of sp³-hybridized carbons (Fsp3) is 1.00. The molecule has 0 heterocycles. The zero-order chi connectivity index (χ0) is 12.8. The van der Waals surface area contributed by atoms with E-state index < -0.39 is 8.32 Å². The van der Waals surface area contributed by atoms with E-state index in [-0.39, 0.29) is 11.1 Å². The highest BCUT2D eigenvalue weighted by Crippen LogP contribution is 2.49. The van der Waals surface area contributed by atoms with E-state index in [2.05, 4.69) is 33.9 Å². The first-order chi connectivity index (χ1) is 7.72. The molecule has 0 unspecified atom stereocenters. The molecule has 3 heteroatoms. The molecular weight excluding hydrogens is 228 g/mol. The summed E-state index contributed by atoms with van der Waals surface area (Å²) < 4.78 is 6.28. The number of rotatable bonds is 3. The van der Waals surface area contributed by atoms with Gasteiger partial charge in [-0.2, -0.15) is 0 Å². The second kappa shape index (κ2) is 4.36. The maximum atomic E-state index is 10.2. The highest BCUT2D eigenvalue weighted by Gasteiger charge is 2.48. The van der Waals surface area contributed by atoms with Gasteiger partial charge in [-0.05, 0) is 49.2 Å². The fourth-order valence-corrected chi connectivity index (χ4v) is 4.18. The van der Waals surface area contributed by atoms with E-state index in [0.29, 0.717) is 11.8 Å². The Hall–Kier alpha value is 0.137. The van der Waals surface area contributed by atoms with Crippen LogP contribution in [-0.2, 0) is 4.43 Å². The number of aliphatic hydroxyl groups is 1. The summed E-state index contributed by atoms with van der Waals surface area (Å²) in [6.45, 7) is 12.2. The van der Waals surface area contributed by atoms with Gasteiger partial charge in [0.05, 0.1) is 6.10 Å². The first-order valence-electron chi connectivity index (χ1n) is 7.04. The Bertz CT molecular complexity index is 280. The molecule has 2 nitrogen and oxygen atoms in total. The van der Waals surface area contributed by atoms with Crippen LogP contribution < -0.4 is 0 Å². The van der Waals surface area contributed by atoms with Crippen LogP contribution in [-0.4, -0.2) is 26.1 Å². The second-order valence-electron chi connectivity index (χ2n) is 7.56. The van der Waals surface area contributed by atoms with Crippen molar-refractivity contribution in [3.8, 4) is 0 Å². The Kier molecular flexibility index (Phi) is 3.48. The molecule has 2 aliphatic rings. The third kappa shape index (κ3) is 2.47. The molecule has 2 saturated carbocycles.